The number of carbonyl (C=O) groups excluding carboxylic acids is 1. The van der Waals surface area contributed by atoms with E-state index in [-0.39, 0.29) is 29.0 Å². The van der Waals surface area contributed by atoms with Crippen molar-refractivity contribution >= 4 is 39.1 Å². The summed E-state index contributed by atoms with van der Waals surface area (Å²) in [5, 5.41) is 1.97. The van der Waals surface area contributed by atoms with Crippen molar-refractivity contribution in [1.82, 2.24) is 5.32 Å². The van der Waals surface area contributed by atoms with Crippen LogP contribution in [0.15, 0.2) is 29.2 Å². The van der Waals surface area contributed by atoms with Gasteiger partial charge in [0, 0.05) is 4.90 Å². The predicted octanol–water partition coefficient (Wildman–Crippen LogP) is 1.44. The van der Waals surface area contributed by atoms with Crippen LogP contribution in [0.4, 0.5) is 4.39 Å². The van der Waals surface area contributed by atoms with E-state index in [2.05, 4.69) is 5.32 Å². The quantitative estimate of drug-likeness (QED) is 0.667. The van der Waals surface area contributed by atoms with Gasteiger partial charge in [0.15, 0.2) is 9.84 Å². The number of rotatable bonds is 4. The van der Waals surface area contributed by atoms with Crippen LogP contribution >= 0.6 is 23.4 Å². The van der Waals surface area contributed by atoms with Crippen LogP contribution in [-0.4, -0.2) is 43.0 Å². The highest BCUT2D eigenvalue weighted by Crippen LogP contribution is 2.22. The Bertz CT molecular complexity index is 608. The molecule has 0 aliphatic carbocycles. The minimum absolute atomic E-state index is 0.0150. The largest absolute Gasteiger partial charge is 0.350 e. The molecule has 0 saturated carbocycles. The molecule has 1 aliphatic heterocycles. The van der Waals surface area contributed by atoms with Crippen molar-refractivity contribution in [2.45, 2.75) is 16.3 Å². The number of hydrogen-bond donors (Lipinski definition) is 1. The van der Waals surface area contributed by atoms with Gasteiger partial charge in [-0.1, -0.05) is 12.1 Å². The molecule has 0 unspecified atom stereocenters. The molecule has 0 bridgehead atoms. The first-order chi connectivity index (χ1) is 9.37. The minimum atomic E-state index is -3.18. The molecule has 1 aliphatic rings. The van der Waals surface area contributed by atoms with Crippen molar-refractivity contribution in [3.05, 3.63) is 30.1 Å². The van der Waals surface area contributed by atoms with Crippen molar-refractivity contribution in [2.24, 2.45) is 0 Å². The highest BCUT2D eigenvalue weighted by atomic mass is 35.5. The van der Waals surface area contributed by atoms with E-state index >= 15 is 0 Å². The molecular weight excluding hydrogens is 325 g/mol. The fourth-order valence-electron chi connectivity index (χ4n) is 1.89. The molecule has 1 aromatic rings. The summed E-state index contributed by atoms with van der Waals surface area (Å²) in [6.45, 7) is 0. The second kappa shape index (κ2) is 6.32. The molecule has 1 heterocycles. The van der Waals surface area contributed by atoms with E-state index < -0.39 is 21.3 Å². The highest BCUT2D eigenvalue weighted by molar-refractivity contribution is 8.00. The standard InChI is InChI=1S/C12H13ClFNO3S2/c13-8-6-20(17,18)7-10(8)15-12(16)5-19-11-4-2-1-3-9(11)14/h1-4,8,10H,5-7H2,(H,15,16)/t8-,10-/m0/s1. The first kappa shape index (κ1) is 15.6. The first-order valence-corrected chi connectivity index (χ1v) is 9.13. The third-order valence-electron chi connectivity index (χ3n) is 2.83. The first-order valence-electron chi connectivity index (χ1n) is 5.88. The van der Waals surface area contributed by atoms with E-state index in [0.29, 0.717) is 4.90 Å². The number of amides is 1. The van der Waals surface area contributed by atoms with Crippen LogP contribution in [-0.2, 0) is 14.6 Å². The van der Waals surface area contributed by atoms with Crippen LogP contribution in [0.1, 0.15) is 0 Å². The van der Waals surface area contributed by atoms with Crippen molar-refractivity contribution in [3.8, 4) is 0 Å². The molecule has 20 heavy (non-hydrogen) atoms. The maximum atomic E-state index is 13.4. The molecule has 1 aromatic carbocycles. The maximum Gasteiger partial charge on any atom is 0.230 e. The SMILES string of the molecule is O=C(CSc1ccccc1F)N[C@H]1CS(=O)(=O)C[C@@H]1Cl. The monoisotopic (exact) mass is 337 g/mol. The lowest BCUT2D eigenvalue weighted by Gasteiger charge is -2.14. The summed E-state index contributed by atoms with van der Waals surface area (Å²) in [6, 6.07) is 5.58. The Morgan fingerprint density at radius 1 is 1.40 bits per heavy atom. The van der Waals surface area contributed by atoms with Crippen molar-refractivity contribution in [1.29, 1.82) is 0 Å². The lowest BCUT2D eigenvalue weighted by atomic mass is 10.2. The zero-order chi connectivity index (χ0) is 14.8. The second-order valence-corrected chi connectivity index (χ2v) is 8.22. The molecule has 1 N–H and O–H groups in total. The van der Waals surface area contributed by atoms with Crippen LogP contribution in [0.3, 0.4) is 0 Å². The normalized spacial score (nSPS) is 24.5. The van der Waals surface area contributed by atoms with Gasteiger partial charge in [-0.25, -0.2) is 12.8 Å². The van der Waals surface area contributed by atoms with Crippen molar-refractivity contribution in [2.75, 3.05) is 17.3 Å². The van der Waals surface area contributed by atoms with Gasteiger partial charge in [0.1, 0.15) is 5.82 Å². The van der Waals surface area contributed by atoms with Crippen LogP contribution in [0.5, 0.6) is 0 Å². The molecule has 0 radical (unpaired) electrons. The Morgan fingerprint density at radius 3 is 2.70 bits per heavy atom. The van der Waals surface area contributed by atoms with E-state index in [1.165, 1.54) is 6.07 Å². The number of nitrogens with one attached hydrogen (secondary N) is 1. The zero-order valence-electron chi connectivity index (χ0n) is 10.4. The summed E-state index contributed by atoms with van der Waals surface area (Å²) in [5.74, 6) is -0.992. The van der Waals surface area contributed by atoms with Gasteiger partial charge >= 0.3 is 0 Å². The zero-order valence-corrected chi connectivity index (χ0v) is 12.8. The summed E-state index contributed by atoms with van der Waals surface area (Å²) >= 11 is 6.95. The van der Waals surface area contributed by atoms with Gasteiger partial charge in [-0.15, -0.1) is 23.4 Å². The summed E-state index contributed by atoms with van der Waals surface area (Å²) in [5.41, 5.74) is 0. The van der Waals surface area contributed by atoms with E-state index in [0.717, 1.165) is 11.8 Å². The van der Waals surface area contributed by atoms with Crippen molar-refractivity contribution < 1.29 is 17.6 Å². The number of carbonyl (C=O) groups is 1. The van der Waals surface area contributed by atoms with Gasteiger partial charge in [-0.05, 0) is 12.1 Å². The Kier molecular flexibility index (Phi) is 4.93. The summed E-state index contributed by atoms with van der Waals surface area (Å²) in [4.78, 5) is 12.1. The Morgan fingerprint density at radius 2 is 2.10 bits per heavy atom. The average Bonchev–Trinajstić information content (AvgIpc) is 2.61. The average molecular weight is 338 g/mol. The number of hydrogen-bond acceptors (Lipinski definition) is 4. The van der Waals surface area contributed by atoms with Gasteiger partial charge < -0.3 is 5.32 Å². The Balaban J connectivity index is 1.86. The Hall–Kier alpha value is -0.790. The topological polar surface area (TPSA) is 63.2 Å². The fraction of sp³-hybridized carbons (Fsp3) is 0.417. The lowest BCUT2D eigenvalue weighted by Crippen LogP contribution is -2.41. The number of benzene rings is 1. The van der Waals surface area contributed by atoms with Crippen LogP contribution in [0, 0.1) is 5.82 Å². The molecule has 110 valence electrons. The molecule has 4 nitrogen and oxygen atoms in total. The van der Waals surface area contributed by atoms with Gasteiger partial charge in [0.2, 0.25) is 5.91 Å². The molecule has 1 saturated heterocycles. The molecule has 2 rings (SSSR count). The summed E-state index contributed by atoms with van der Waals surface area (Å²) in [7, 11) is -3.18. The van der Waals surface area contributed by atoms with Gasteiger partial charge in [-0.3, -0.25) is 4.79 Å². The molecule has 1 fully saturated rings. The highest BCUT2D eigenvalue weighted by Gasteiger charge is 2.37. The second-order valence-electron chi connectivity index (χ2n) is 4.49. The summed E-state index contributed by atoms with van der Waals surface area (Å²) in [6.07, 6.45) is 0. The Labute approximate surface area is 126 Å². The smallest absolute Gasteiger partial charge is 0.230 e. The summed E-state index contributed by atoms with van der Waals surface area (Å²) < 4.78 is 36.1. The molecule has 0 spiro atoms. The third-order valence-corrected chi connectivity index (χ3v) is 6.25. The van der Waals surface area contributed by atoms with E-state index in [1.807, 2.05) is 0 Å². The number of alkyl halides is 1. The molecule has 1 amide bonds. The fourth-order valence-corrected chi connectivity index (χ4v) is 5.19. The predicted molar refractivity (Wildman–Crippen MR) is 77.3 cm³/mol. The molecule has 2 atom stereocenters. The van der Waals surface area contributed by atoms with E-state index in [4.69, 9.17) is 11.6 Å². The van der Waals surface area contributed by atoms with Crippen LogP contribution in [0.2, 0.25) is 0 Å². The number of thioether (sulfide) groups is 1. The maximum absolute atomic E-state index is 13.4. The third kappa shape index (κ3) is 4.10. The van der Waals surface area contributed by atoms with Gasteiger partial charge in [-0.2, -0.15) is 0 Å². The van der Waals surface area contributed by atoms with Gasteiger partial charge in [0.25, 0.3) is 0 Å². The number of halogens is 2. The lowest BCUT2D eigenvalue weighted by molar-refractivity contribution is -0.119. The van der Waals surface area contributed by atoms with E-state index in [1.54, 1.807) is 18.2 Å². The van der Waals surface area contributed by atoms with Gasteiger partial charge in [0.05, 0.1) is 28.7 Å². The van der Waals surface area contributed by atoms with Crippen LogP contribution < -0.4 is 5.32 Å². The molecule has 0 aromatic heterocycles. The number of sulfone groups is 1. The van der Waals surface area contributed by atoms with Crippen molar-refractivity contribution in [3.63, 3.8) is 0 Å². The van der Waals surface area contributed by atoms with Crippen LogP contribution in [0.25, 0.3) is 0 Å². The molecular formula is C12H13ClFNO3S2. The van der Waals surface area contributed by atoms with E-state index in [9.17, 15) is 17.6 Å². The molecule has 8 heteroatoms. The minimum Gasteiger partial charge on any atom is -0.350 e.